The third-order valence-corrected chi connectivity index (χ3v) is 4.22. The summed E-state index contributed by atoms with van der Waals surface area (Å²) in [6.45, 7) is 5.65. The van der Waals surface area contributed by atoms with Crippen molar-refractivity contribution in [2.75, 3.05) is 13.6 Å². The van der Waals surface area contributed by atoms with Gasteiger partial charge in [-0.25, -0.2) is 0 Å². The number of nitrogens with zero attached hydrogens (tertiary/aromatic N) is 1. The molecule has 0 aliphatic heterocycles. The Morgan fingerprint density at radius 1 is 1.28 bits per heavy atom. The highest BCUT2D eigenvalue weighted by molar-refractivity contribution is 5.21. The van der Waals surface area contributed by atoms with Gasteiger partial charge in [0.15, 0.2) is 0 Å². The molecule has 18 heavy (non-hydrogen) atoms. The molecule has 2 nitrogen and oxygen atoms in total. The van der Waals surface area contributed by atoms with Crippen LogP contribution in [0.1, 0.15) is 30.9 Å². The summed E-state index contributed by atoms with van der Waals surface area (Å²) in [5.41, 5.74) is 8.61. The molecule has 0 radical (unpaired) electrons. The van der Waals surface area contributed by atoms with Gasteiger partial charge in [0.05, 0.1) is 0 Å². The minimum atomic E-state index is 0.468. The van der Waals surface area contributed by atoms with E-state index >= 15 is 0 Å². The van der Waals surface area contributed by atoms with Crippen molar-refractivity contribution in [2.24, 2.45) is 11.7 Å². The number of likely N-dealkylation sites (N-methyl/N-ethyl adjacent to an activating group) is 1. The van der Waals surface area contributed by atoms with Crippen LogP contribution in [0.3, 0.4) is 0 Å². The van der Waals surface area contributed by atoms with Gasteiger partial charge < -0.3 is 10.6 Å². The average molecular weight is 246 g/mol. The van der Waals surface area contributed by atoms with E-state index in [0.717, 1.165) is 12.3 Å². The van der Waals surface area contributed by atoms with E-state index < -0.39 is 0 Å². The molecule has 2 rings (SSSR count). The zero-order valence-electron chi connectivity index (χ0n) is 11.9. The van der Waals surface area contributed by atoms with Crippen molar-refractivity contribution < 1.29 is 0 Å². The fourth-order valence-electron chi connectivity index (χ4n) is 2.74. The van der Waals surface area contributed by atoms with Gasteiger partial charge in [-0.05, 0) is 51.6 Å². The van der Waals surface area contributed by atoms with Crippen LogP contribution in [0.5, 0.6) is 0 Å². The number of rotatable bonds is 5. The van der Waals surface area contributed by atoms with Crippen LogP contribution >= 0.6 is 0 Å². The Morgan fingerprint density at radius 2 is 1.89 bits per heavy atom. The van der Waals surface area contributed by atoms with Crippen LogP contribution in [0.15, 0.2) is 24.3 Å². The molecule has 0 heterocycles. The zero-order chi connectivity index (χ0) is 13.1. The summed E-state index contributed by atoms with van der Waals surface area (Å²) in [5.74, 6) is 0.825. The van der Waals surface area contributed by atoms with Gasteiger partial charge >= 0.3 is 0 Å². The molecule has 0 bridgehead atoms. The molecule has 1 aromatic carbocycles. The summed E-state index contributed by atoms with van der Waals surface area (Å²) in [6.07, 6.45) is 3.55. The van der Waals surface area contributed by atoms with Crippen molar-refractivity contribution in [1.82, 2.24) is 4.90 Å². The first-order valence-corrected chi connectivity index (χ1v) is 7.06. The monoisotopic (exact) mass is 246 g/mol. The molecule has 1 aliphatic rings. The Morgan fingerprint density at radius 3 is 2.44 bits per heavy atom. The highest BCUT2D eigenvalue weighted by Gasteiger charge is 2.27. The fraction of sp³-hybridized carbons (Fsp3) is 0.625. The molecule has 1 unspecified atom stereocenters. The molecule has 0 aromatic heterocycles. The van der Waals surface area contributed by atoms with E-state index in [1.807, 2.05) is 0 Å². The maximum atomic E-state index is 5.84. The molecule has 1 aromatic rings. The Labute approximate surface area is 111 Å². The first kappa shape index (κ1) is 13.6. The predicted molar refractivity (Wildman–Crippen MR) is 77.7 cm³/mol. The van der Waals surface area contributed by atoms with Crippen LogP contribution < -0.4 is 5.73 Å². The van der Waals surface area contributed by atoms with E-state index in [9.17, 15) is 0 Å². The van der Waals surface area contributed by atoms with Gasteiger partial charge in [0, 0.05) is 18.6 Å². The molecule has 1 fully saturated rings. The van der Waals surface area contributed by atoms with Gasteiger partial charge in [0.25, 0.3) is 0 Å². The highest BCUT2D eigenvalue weighted by atomic mass is 15.1. The molecule has 0 spiro atoms. The Kier molecular flexibility index (Phi) is 4.41. The van der Waals surface area contributed by atoms with E-state index in [1.54, 1.807) is 0 Å². The van der Waals surface area contributed by atoms with Crippen molar-refractivity contribution in [3.63, 3.8) is 0 Å². The lowest BCUT2D eigenvalue weighted by Gasteiger charge is -2.37. The van der Waals surface area contributed by atoms with Gasteiger partial charge in [-0.15, -0.1) is 0 Å². The number of aryl methyl sites for hydroxylation is 1. The molecular formula is C16H26N2. The minimum Gasteiger partial charge on any atom is -0.328 e. The van der Waals surface area contributed by atoms with Crippen LogP contribution in [-0.2, 0) is 6.42 Å². The van der Waals surface area contributed by atoms with E-state index in [4.69, 9.17) is 5.73 Å². The Hall–Kier alpha value is -0.860. The molecular weight excluding hydrogens is 220 g/mol. The summed E-state index contributed by atoms with van der Waals surface area (Å²) < 4.78 is 0. The molecule has 1 atom stereocenters. The second-order valence-electron chi connectivity index (χ2n) is 6.08. The molecule has 2 N–H and O–H groups in total. The lowest BCUT2D eigenvalue weighted by Crippen LogP contribution is -2.44. The number of hydrogen-bond donors (Lipinski definition) is 1. The van der Waals surface area contributed by atoms with E-state index in [2.05, 4.69) is 50.1 Å². The second kappa shape index (κ2) is 5.85. The summed E-state index contributed by atoms with van der Waals surface area (Å²) >= 11 is 0. The first-order chi connectivity index (χ1) is 8.54. The molecule has 2 heteroatoms. The molecule has 1 saturated carbocycles. The van der Waals surface area contributed by atoms with Gasteiger partial charge in [-0.2, -0.15) is 0 Å². The standard InChI is InChI=1S/C16H26N2/c1-12-4-6-14(7-5-12)8-13(2)18(3)11-15-9-16(17)10-15/h4-7,13,15-16H,8-11,17H2,1-3H3. The summed E-state index contributed by atoms with van der Waals surface area (Å²) in [5, 5.41) is 0. The van der Waals surface area contributed by atoms with Crippen molar-refractivity contribution in [3.8, 4) is 0 Å². The second-order valence-corrected chi connectivity index (χ2v) is 6.08. The van der Waals surface area contributed by atoms with Gasteiger partial charge in [0.2, 0.25) is 0 Å². The van der Waals surface area contributed by atoms with Crippen molar-refractivity contribution in [2.45, 2.75) is 45.2 Å². The van der Waals surface area contributed by atoms with Crippen LogP contribution in [0.4, 0.5) is 0 Å². The lowest BCUT2D eigenvalue weighted by atomic mass is 9.80. The van der Waals surface area contributed by atoms with Crippen molar-refractivity contribution in [1.29, 1.82) is 0 Å². The maximum Gasteiger partial charge on any atom is 0.0104 e. The van der Waals surface area contributed by atoms with Gasteiger partial charge in [-0.3, -0.25) is 0 Å². The quantitative estimate of drug-likeness (QED) is 0.865. The van der Waals surface area contributed by atoms with Crippen molar-refractivity contribution in [3.05, 3.63) is 35.4 Å². The van der Waals surface area contributed by atoms with Crippen LogP contribution in [-0.4, -0.2) is 30.6 Å². The summed E-state index contributed by atoms with van der Waals surface area (Å²) in [6, 6.07) is 9.97. The van der Waals surface area contributed by atoms with Crippen LogP contribution in [0, 0.1) is 12.8 Å². The van der Waals surface area contributed by atoms with Crippen LogP contribution in [0.25, 0.3) is 0 Å². The smallest absolute Gasteiger partial charge is 0.0104 e. The highest BCUT2D eigenvalue weighted by Crippen LogP contribution is 2.26. The van der Waals surface area contributed by atoms with Crippen LogP contribution in [0.2, 0.25) is 0 Å². The SMILES string of the molecule is Cc1ccc(CC(C)N(C)CC2CC(N)C2)cc1. The van der Waals surface area contributed by atoms with E-state index in [0.29, 0.717) is 12.1 Å². The zero-order valence-corrected chi connectivity index (χ0v) is 11.9. The topological polar surface area (TPSA) is 29.3 Å². The van der Waals surface area contributed by atoms with Gasteiger partial charge in [-0.1, -0.05) is 29.8 Å². The number of hydrogen-bond acceptors (Lipinski definition) is 2. The van der Waals surface area contributed by atoms with E-state index in [1.165, 1.54) is 30.5 Å². The maximum absolute atomic E-state index is 5.84. The molecule has 1 aliphatic carbocycles. The first-order valence-electron chi connectivity index (χ1n) is 7.06. The van der Waals surface area contributed by atoms with Crippen molar-refractivity contribution >= 4 is 0 Å². The number of benzene rings is 1. The fourth-order valence-corrected chi connectivity index (χ4v) is 2.74. The molecule has 0 amide bonds. The predicted octanol–water partition coefficient (Wildman–Crippen LogP) is 2.60. The largest absolute Gasteiger partial charge is 0.328 e. The summed E-state index contributed by atoms with van der Waals surface area (Å²) in [7, 11) is 2.24. The minimum absolute atomic E-state index is 0.468. The Bertz CT molecular complexity index is 365. The van der Waals surface area contributed by atoms with E-state index in [-0.39, 0.29) is 0 Å². The lowest BCUT2D eigenvalue weighted by molar-refractivity contribution is 0.153. The van der Waals surface area contributed by atoms with Gasteiger partial charge in [0.1, 0.15) is 0 Å². The third-order valence-electron chi connectivity index (χ3n) is 4.22. The Balaban J connectivity index is 1.79. The normalized spacial score (nSPS) is 24.9. The number of nitrogens with two attached hydrogens (primary N) is 1. The average Bonchev–Trinajstić information content (AvgIpc) is 2.30. The molecule has 100 valence electrons. The summed E-state index contributed by atoms with van der Waals surface area (Å²) in [4.78, 5) is 2.48. The molecule has 0 saturated heterocycles. The third kappa shape index (κ3) is 3.56.